The highest BCUT2D eigenvalue weighted by molar-refractivity contribution is 8.00. The molecular formula is C22H24ClN5O2S. The fourth-order valence-corrected chi connectivity index (χ4v) is 4.98. The minimum absolute atomic E-state index is 0.117. The molecular weight excluding hydrogens is 434 g/mol. The van der Waals surface area contributed by atoms with E-state index in [1.54, 1.807) is 7.11 Å². The molecule has 31 heavy (non-hydrogen) atoms. The molecule has 9 heteroatoms. The number of methoxy groups -OCH3 is 1. The zero-order chi connectivity index (χ0) is 22.1. The molecule has 0 fully saturated rings. The molecule has 1 aliphatic rings. The number of aromatic nitrogens is 3. The van der Waals surface area contributed by atoms with E-state index in [2.05, 4.69) is 20.9 Å². The van der Waals surface area contributed by atoms with E-state index in [1.807, 2.05) is 61.8 Å². The number of nitrogens with zero attached hydrogens (tertiary/aromatic N) is 3. The molecule has 2 aromatic carbocycles. The van der Waals surface area contributed by atoms with Crippen molar-refractivity contribution in [1.29, 1.82) is 0 Å². The highest BCUT2D eigenvalue weighted by Crippen LogP contribution is 2.39. The van der Waals surface area contributed by atoms with Gasteiger partial charge in [-0.3, -0.25) is 4.79 Å². The van der Waals surface area contributed by atoms with Crippen molar-refractivity contribution in [3.63, 3.8) is 0 Å². The van der Waals surface area contributed by atoms with Gasteiger partial charge < -0.3 is 15.5 Å². The van der Waals surface area contributed by atoms with E-state index in [1.165, 1.54) is 11.8 Å². The molecule has 0 unspecified atom stereocenters. The van der Waals surface area contributed by atoms with Crippen LogP contribution in [0, 0.1) is 13.8 Å². The van der Waals surface area contributed by atoms with Crippen molar-refractivity contribution in [2.24, 2.45) is 0 Å². The Balaban J connectivity index is 1.70. The third-order valence-electron chi connectivity index (χ3n) is 5.25. The molecule has 1 amide bonds. The van der Waals surface area contributed by atoms with E-state index in [0.717, 1.165) is 34.6 Å². The number of amides is 1. The number of carbonyl (C=O) groups is 1. The number of fused-ring (bicyclic) bond motifs is 1. The van der Waals surface area contributed by atoms with E-state index in [0.29, 0.717) is 15.9 Å². The number of rotatable bonds is 5. The number of benzene rings is 2. The van der Waals surface area contributed by atoms with Crippen molar-refractivity contribution in [2.45, 2.75) is 43.6 Å². The Morgan fingerprint density at radius 3 is 2.74 bits per heavy atom. The van der Waals surface area contributed by atoms with E-state index in [4.69, 9.17) is 16.3 Å². The Labute approximate surface area is 190 Å². The van der Waals surface area contributed by atoms with Crippen LogP contribution in [0.3, 0.4) is 0 Å². The van der Waals surface area contributed by atoms with Gasteiger partial charge in [0, 0.05) is 12.1 Å². The maximum atomic E-state index is 13.4. The van der Waals surface area contributed by atoms with E-state index >= 15 is 0 Å². The summed E-state index contributed by atoms with van der Waals surface area (Å²) in [5.41, 5.74) is 7.26. The lowest BCUT2D eigenvalue weighted by atomic mass is 10.0. The number of carbonyl (C=O) groups excluding carboxylic acids is 1. The van der Waals surface area contributed by atoms with Gasteiger partial charge in [0.2, 0.25) is 11.1 Å². The third kappa shape index (κ3) is 4.22. The molecule has 0 spiro atoms. The average molecular weight is 458 g/mol. The molecule has 0 radical (unpaired) electrons. The predicted molar refractivity (Wildman–Crippen MR) is 124 cm³/mol. The zero-order valence-corrected chi connectivity index (χ0v) is 19.3. The summed E-state index contributed by atoms with van der Waals surface area (Å²) in [6, 6.07) is 11.2. The number of nitrogens with one attached hydrogen (secondary N) is 2. The summed E-state index contributed by atoms with van der Waals surface area (Å²) in [4.78, 5) is 13.4. The summed E-state index contributed by atoms with van der Waals surface area (Å²) in [7, 11) is 1.58. The van der Waals surface area contributed by atoms with Crippen molar-refractivity contribution < 1.29 is 9.53 Å². The second-order valence-corrected chi connectivity index (χ2v) is 8.95. The summed E-state index contributed by atoms with van der Waals surface area (Å²) < 4.78 is 7.14. The first-order valence-corrected chi connectivity index (χ1v) is 11.3. The Hall–Kier alpha value is -2.71. The fraction of sp³-hybridized carbons (Fsp3) is 0.318. The van der Waals surface area contributed by atoms with Crippen LogP contribution in [0.1, 0.15) is 35.5 Å². The SMILES string of the molecule is CCc1nnc2n1N[C@H](c1ccc(OC)c(Cl)c1)[C@H](C(=O)Nc1ccc(C)cc1C)S2. The Morgan fingerprint density at radius 2 is 2.06 bits per heavy atom. The van der Waals surface area contributed by atoms with Gasteiger partial charge in [0.25, 0.3) is 0 Å². The molecule has 2 N–H and O–H groups in total. The first-order valence-electron chi connectivity index (χ1n) is 10.00. The van der Waals surface area contributed by atoms with Gasteiger partial charge in [-0.2, -0.15) is 0 Å². The first kappa shape index (κ1) is 21.5. The number of thioether (sulfide) groups is 1. The molecule has 3 aromatic rings. The lowest BCUT2D eigenvalue weighted by molar-refractivity contribution is -0.116. The van der Waals surface area contributed by atoms with Gasteiger partial charge in [-0.1, -0.05) is 54.0 Å². The molecule has 0 saturated heterocycles. The van der Waals surface area contributed by atoms with Gasteiger partial charge in [0.15, 0.2) is 5.82 Å². The maximum absolute atomic E-state index is 13.4. The van der Waals surface area contributed by atoms with E-state index < -0.39 is 5.25 Å². The first-order chi connectivity index (χ1) is 14.9. The molecule has 4 rings (SSSR count). The van der Waals surface area contributed by atoms with Crippen LogP contribution in [0.5, 0.6) is 5.75 Å². The highest BCUT2D eigenvalue weighted by Gasteiger charge is 2.38. The van der Waals surface area contributed by atoms with Gasteiger partial charge in [0.1, 0.15) is 11.0 Å². The van der Waals surface area contributed by atoms with E-state index in [9.17, 15) is 4.79 Å². The standard InChI is InChI=1S/C22H24ClN5O2S/c1-5-18-25-26-22-28(18)27-19(14-7-9-17(30-4)15(23)11-14)20(31-22)21(29)24-16-8-6-12(2)10-13(16)3/h6-11,19-20,27H,5H2,1-4H3,(H,24,29)/t19-,20-/m1/s1. The van der Waals surface area contributed by atoms with Crippen molar-refractivity contribution >= 4 is 35.0 Å². The normalized spacial score (nSPS) is 17.6. The van der Waals surface area contributed by atoms with Crippen molar-refractivity contribution in [3.8, 4) is 5.75 Å². The molecule has 0 bridgehead atoms. The van der Waals surface area contributed by atoms with E-state index in [-0.39, 0.29) is 11.9 Å². The number of ether oxygens (including phenoxy) is 1. The molecule has 0 saturated carbocycles. The minimum Gasteiger partial charge on any atom is -0.495 e. The number of aryl methyl sites for hydroxylation is 3. The van der Waals surface area contributed by atoms with Crippen LogP contribution >= 0.6 is 23.4 Å². The Bertz CT molecular complexity index is 1130. The molecule has 1 aromatic heterocycles. The van der Waals surface area contributed by atoms with Crippen LogP contribution in [0.25, 0.3) is 0 Å². The summed E-state index contributed by atoms with van der Waals surface area (Å²) in [6.07, 6.45) is 0.718. The van der Waals surface area contributed by atoms with Crippen LogP contribution < -0.4 is 15.5 Å². The highest BCUT2D eigenvalue weighted by atomic mass is 35.5. The zero-order valence-electron chi connectivity index (χ0n) is 17.8. The summed E-state index contributed by atoms with van der Waals surface area (Å²) in [6.45, 7) is 6.03. The number of hydrogen-bond acceptors (Lipinski definition) is 6. The van der Waals surface area contributed by atoms with Gasteiger partial charge in [-0.15, -0.1) is 10.2 Å². The largest absolute Gasteiger partial charge is 0.495 e. The van der Waals surface area contributed by atoms with Crippen LogP contribution in [-0.2, 0) is 11.2 Å². The molecule has 7 nitrogen and oxygen atoms in total. The predicted octanol–water partition coefficient (Wildman–Crippen LogP) is 4.52. The third-order valence-corrected chi connectivity index (χ3v) is 6.76. The topological polar surface area (TPSA) is 81.1 Å². The Kier molecular flexibility index (Phi) is 6.11. The Morgan fingerprint density at radius 1 is 1.26 bits per heavy atom. The van der Waals surface area contributed by atoms with Crippen LogP contribution in [0.2, 0.25) is 5.02 Å². The molecule has 2 heterocycles. The quantitative estimate of drug-likeness (QED) is 0.586. The second kappa shape index (κ2) is 8.80. The van der Waals surface area contributed by atoms with Crippen LogP contribution in [-0.4, -0.2) is 33.1 Å². The lowest BCUT2D eigenvalue weighted by Crippen LogP contribution is -2.41. The number of halogens is 1. The van der Waals surface area contributed by atoms with Crippen molar-refractivity contribution in [2.75, 3.05) is 17.9 Å². The number of anilines is 1. The monoisotopic (exact) mass is 457 g/mol. The van der Waals surface area contributed by atoms with Crippen molar-refractivity contribution in [3.05, 3.63) is 63.9 Å². The van der Waals surface area contributed by atoms with Gasteiger partial charge in [0.05, 0.1) is 18.2 Å². The van der Waals surface area contributed by atoms with Gasteiger partial charge in [-0.05, 0) is 43.2 Å². The number of hydrogen-bond donors (Lipinski definition) is 2. The average Bonchev–Trinajstić information content (AvgIpc) is 3.16. The smallest absolute Gasteiger partial charge is 0.240 e. The summed E-state index contributed by atoms with van der Waals surface area (Å²) in [5.74, 6) is 1.28. The summed E-state index contributed by atoms with van der Waals surface area (Å²) >= 11 is 7.78. The molecule has 1 aliphatic heterocycles. The van der Waals surface area contributed by atoms with Crippen molar-refractivity contribution in [1.82, 2.24) is 14.9 Å². The van der Waals surface area contributed by atoms with Gasteiger partial charge >= 0.3 is 0 Å². The fourth-order valence-electron chi connectivity index (χ4n) is 3.61. The van der Waals surface area contributed by atoms with Crippen LogP contribution in [0.15, 0.2) is 41.6 Å². The minimum atomic E-state index is -0.480. The summed E-state index contributed by atoms with van der Waals surface area (Å²) in [5, 5.41) is 12.3. The maximum Gasteiger partial charge on any atom is 0.240 e. The molecule has 162 valence electrons. The van der Waals surface area contributed by atoms with Gasteiger partial charge in [-0.25, -0.2) is 4.68 Å². The van der Waals surface area contributed by atoms with Crippen LogP contribution in [0.4, 0.5) is 5.69 Å². The molecule has 2 atom stereocenters. The lowest BCUT2D eigenvalue weighted by Gasteiger charge is -2.33. The second-order valence-electron chi connectivity index (χ2n) is 7.43. The molecule has 0 aliphatic carbocycles.